The quantitative estimate of drug-likeness (QED) is 0.429. The maximum absolute atomic E-state index is 8.74. The maximum atomic E-state index is 8.74. The minimum Gasteiger partial charge on any atom is -1.00 e. The molecule has 0 heterocycles. The molecular formula is CH8Ca3Na2O6Si. The van der Waals surface area contributed by atoms with Gasteiger partial charge in [0.15, 0.2) is 0 Å². The van der Waals surface area contributed by atoms with Gasteiger partial charge in [0.2, 0.25) is 0 Å². The van der Waals surface area contributed by atoms with Gasteiger partial charge >= 0.3 is 181 Å². The van der Waals surface area contributed by atoms with Crippen LogP contribution in [0.2, 0.25) is 0 Å². The first-order chi connectivity index (χ1) is 3.46. The molecule has 0 unspecified atom stereocenters. The average Bonchev–Trinajstić information content (AvgIpc) is 1.25. The van der Waals surface area contributed by atoms with Crippen molar-refractivity contribution in [1.29, 1.82) is 0 Å². The number of rotatable bonds is 0. The van der Waals surface area contributed by atoms with E-state index in [1.54, 1.807) is 0 Å². The van der Waals surface area contributed by atoms with Gasteiger partial charge in [-0.25, -0.2) is 0 Å². The van der Waals surface area contributed by atoms with Gasteiger partial charge in [-0.2, -0.15) is 0 Å². The van der Waals surface area contributed by atoms with Gasteiger partial charge in [-0.1, -0.05) is 0 Å². The molecule has 60 valence electrons. The molecule has 0 saturated carbocycles. The van der Waals surface area contributed by atoms with Gasteiger partial charge in [0.1, 0.15) is 0 Å². The summed E-state index contributed by atoms with van der Waals surface area (Å²) in [4.78, 5) is 22.6. The molecule has 0 spiro atoms. The molecule has 12 heteroatoms. The molecule has 0 aliphatic heterocycles. The van der Waals surface area contributed by atoms with Gasteiger partial charge in [0, 0.05) is 0 Å². The number of hydrogen-bond acceptors (Lipinski definition) is 4. The summed E-state index contributed by atoms with van der Waals surface area (Å²) in [5.41, 5.74) is 0. The van der Waals surface area contributed by atoms with Gasteiger partial charge in [0.25, 0.3) is 0 Å². The Morgan fingerprint density at radius 2 is 1.08 bits per heavy atom. The third-order valence-corrected chi connectivity index (χ3v) is 0. The molecule has 6 nitrogen and oxygen atoms in total. The first kappa shape index (κ1) is 43.1. The molecule has 0 aromatic carbocycles. The Morgan fingerprint density at radius 1 is 1.08 bits per heavy atom. The third kappa shape index (κ3) is 165. The Bertz CT molecular complexity index is 101. The van der Waals surface area contributed by atoms with Gasteiger partial charge in [-0.3, -0.25) is 4.46 Å². The van der Waals surface area contributed by atoms with Crippen molar-refractivity contribution in [2.24, 2.45) is 0 Å². The van der Waals surface area contributed by atoms with E-state index >= 15 is 0 Å². The first-order valence-corrected chi connectivity index (χ1v) is 2.57. The van der Waals surface area contributed by atoms with Crippen LogP contribution < -0.4 is 69.3 Å². The van der Waals surface area contributed by atoms with Crippen LogP contribution in [-0.4, -0.2) is 138 Å². The van der Waals surface area contributed by atoms with Crippen molar-refractivity contribution in [2.45, 2.75) is 0 Å². The van der Waals surface area contributed by atoms with E-state index in [4.69, 9.17) is 29.1 Å². The van der Waals surface area contributed by atoms with Gasteiger partial charge in [-0.15, -0.1) is 0 Å². The van der Waals surface area contributed by atoms with E-state index in [1.165, 1.54) is 0 Å². The predicted octanol–water partition coefficient (Wildman–Crippen LogP) is -10.5. The van der Waals surface area contributed by atoms with Gasteiger partial charge in [-0.05, 0) is 6.16 Å². The van der Waals surface area contributed by atoms with Crippen molar-refractivity contribution in [3.63, 3.8) is 0 Å². The van der Waals surface area contributed by atoms with Crippen LogP contribution >= 0.6 is 0 Å². The summed E-state index contributed by atoms with van der Waals surface area (Å²) < 4.78 is 8.74. The summed E-state index contributed by atoms with van der Waals surface area (Å²) in [5, 5.41) is 16.7. The molecule has 0 aliphatic carbocycles. The molecule has 0 aliphatic rings. The van der Waals surface area contributed by atoms with E-state index in [0.29, 0.717) is 0 Å². The van der Waals surface area contributed by atoms with Crippen molar-refractivity contribution < 1.29 is 96.7 Å². The normalized spacial score (nSPS) is 3.69. The zero-order chi connectivity index (χ0) is 7.15. The standard InChI is InChI=1S/CH2O3.3Ca.2Na.H2O3Si.6H/c2-1(3)4;;;;;;1-4(2)3;;;;;;/h(H2,2,3,4);;;;;;1-2H;;;;;;/q;3*+2;2*+1;;6*-1/p-2. The van der Waals surface area contributed by atoms with E-state index in [-0.39, 0.29) is 181 Å². The smallest absolute Gasteiger partial charge is 1.00 e. The number of carboxylic acid groups (broad SMARTS) is 2. The van der Waals surface area contributed by atoms with Crippen LogP contribution in [-0.2, 0) is 4.46 Å². The molecule has 0 amide bonds. The maximum Gasteiger partial charge on any atom is 2.00 e. The van der Waals surface area contributed by atoms with Crippen molar-refractivity contribution in [1.82, 2.24) is 0 Å². The van der Waals surface area contributed by atoms with E-state index in [9.17, 15) is 0 Å². The fourth-order valence-electron chi connectivity index (χ4n) is 0. The largest absolute Gasteiger partial charge is 2.00 e. The number of carbonyl (C=O) groups excluding carboxylic acids is 1. The zero-order valence-electron chi connectivity index (χ0n) is 13.6. The van der Waals surface area contributed by atoms with Crippen molar-refractivity contribution in [2.75, 3.05) is 0 Å². The van der Waals surface area contributed by atoms with E-state index in [0.717, 1.165) is 0 Å². The summed E-state index contributed by atoms with van der Waals surface area (Å²) >= 11 is 0. The summed E-state index contributed by atoms with van der Waals surface area (Å²) in [7, 11) is -3.13. The summed E-state index contributed by atoms with van der Waals surface area (Å²) in [5.74, 6) is 0. The van der Waals surface area contributed by atoms with Crippen LogP contribution in [0.3, 0.4) is 0 Å². The molecular weight excluding hydrogens is 302 g/mol. The molecule has 13 heavy (non-hydrogen) atoms. The monoisotopic (exact) mass is 310 g/mol. The first-order valence-electron chi connectivity index (χ1n) is 1.26. The Labute approximate surface area is 220 Å². The summed E-state index contributed by atoms with van der Waals surface area (Å²) in [6.45, 7) is 0. The number of hydrogen-bond donors (Lipinski definition) is 2. The minimum atomic E-state index is -3.13. The predicted molar refractivity (Wildman–Crippen MR) is 40.2 cm³/mol. The van der Waals surface area contributed by atoms with Crippen LogP contribution in [0.5, 0.6) is 0 Å². The average molecular weight is 310 g/mol. The van der Waals surface area contributed by atoms with Gasteiger partial charge in [0.05, 0.1) is 0 Å². The third-order valence-electron chi connectivity index (χ3n) is 0. The van der Waals surface area contributed by atoms with Crippen molar-refractivity contribution >= 4 is 129 Å². The molecule has 0 aromatic heterocycles. The Balaban J connectivity index is -0.00000000218. The molecule has 0 aromatic rings. The zero-order valence-corrected chi connectivity index (χ0v) is 19.3. The van der Waals surface area contributed by atoms with E-state index in [1.807, 2.05) is 0 Å². The molecule has 0 radical (unpaired) electrons. The summed E-state index contributed by atoms with van der Waals surface area (Å²) in [6, 6.07) is 0. The van der Waals surface area contributed by atoms with Crippen LogP contribution in [0.25, 0.3) is 0 Å². The van der Waals surface area contributed by atoms with Crippen molar-refractivity contribution in [3.8, 4) is 0 Å². The fourth-order valence-corrected chi connectivity index (χ4v) is 0. The van der Waals surface area contributed by atoms with Crippen LogP contribution in [0.4, 0.5) is 4.79 Å². The second-order valence-electron chi connectivity index (χ2n) is 0.533. The SMILES string of the molecule is O=C([O-])[O-].O=[Si](O)O.[Ca+2].[Ca+2].[Ca+2].[H-].[H-].[H-].[H-].[H-].[H-].[Na+].[Na+]. The van der Waals surface area contributed by atoms with Crippen LogP contribution in [0.1, 0.15) is 8.56 Å². The Morgan fingerprint density at radius 3 is 1.08 bits per heavy atom. The molecule has 0 atom stereocenters. The molecule has 0 rings (SSSR count). The second-order valence-corrected chi connectivity index (χ2v) is 1.10. The van der Waals surface area contributed by atoms with Gasteiger partial charge < -0.3 is 33.2 Å². The minimum absolute atomic E-state index is 0. The fraction of sp³-hybridized carbons (Fsp3) is 0. The molecule has 0 bridgehead atoms. The topological polar surface area (TPSA) is 121 Å². The molecule has 0 saturated heterocycles. The van der Waals surface area contributed by atoms with Crippen LogP contribution in [0.15, 0.2) is 0 Å². The molecule has 0 fully saturated rings. The second kappa shape index (κ2) is 36.0. The molecule has 2 N–H and O–H groups in total. The Hall–Kier alpha value is 4.67. The van der Waals surface area contributed by atoms with E-state index in [2.05, 4.69) is 0 Å². The van der Waals surface area contributed by atoms with E-state index < -0.39 is 15.3 Å². The van der Waals surface area contributed by atoms with Crippen LogP contribution in [0, 0.1) is 0 Å². The number of carbonyl (C=O) groups is 1. The van der Waals surface area contributed by atoms with Crippen molar-refractivity contribution in [3.05, 3.63) is 0 Å². The summed E-state index contributed by atoms with van der Waals surface area (Å²) in [6.07, 6.45) is -2.33. The Kier molecular flexibility index (Phi) is 119.